The minimum absolute atomic E-state index is 0.187. The van der Waals surface area contributed by atoms with Crippen LogP contribution in [0.3, 0.4) is 0 Å². The Hall–Kier alpha value is -0.480. The summed E-state index contributed by atoms with van der Waals surface area (Å²) >= 11 is 5.24. The number of carbonyl (C=O) groups is 1. The fourth-order valence-corrected chi connectivity index (χ4v) is 5.63. The molecular weight excluding hydrogens is 358 g/mol. The van der Waals surface area contributed by atoms with Crippen LogP contribution in [0.4, 0.5) is 0 Å². The van der Waals surface area contributed by atoms with Gasteiger partial charge in [0.05, 0.1) is 5.75 Å². The summed E-state index contributed by atoms with van der Waals surface area (Å²) in [4.78, 5) is 12.1. The quantitative estimate of drug-likeness (QED) is 0.778. The summed E-state index contributed by atoms with van der Waals surface area (Å²) in [5, 5.41) is 3.24. The van der Waals surface area contributed by atoms with Gasteiger partial charge in [0.1, 0.15) is 0 Å². The summed E-state index contributed by atoms with van der Waals surface area (Å²) in [5.74, 6) is 4.14. The second-order valence-corrected chi connectivity index (χ2v) is 8.62. The predicted octanol–water partition coefficient (Wildman–Crippen LogP) is 4.62. The summed E-state index contributed by atoms with van der Waals surface area (Å²) < 4.78 is 1.12. The van der Waals surface area contributed by atoms with Crippen LogP contribution in [0.5, 0.6) is 0 Å². The van der Waals surface area contributed by atoms with Gasteiger partial charge in [-0.2, -0.15) is 0 Å². The standard InChI is InChI=1S/C18H24BrNOS/c1-12(16-9-13-6-7-14(16)8-13)20-18(21)11-22-10-15-4-2-3-5-17(15)19/h2-5,12-14,16H,6-11H2,1H3,(H,20,21)/t12-,13-,14-,16-/m1/s1. The molecule has 4 atom stereocenters. The molecule has 120 valence electrons. The lowest BCUT2D eigenvalue weighted by Gasteiger charge is -2.28. The molecule has 4 heteroatoms. The van der Waals surface area contributed by atoms with E-state index in [-0.39, 0.29) is 5.91 Å². The topological polar surface area (TPSA) is 29.1 Å². The first-order chi connectivity index (χ1) is 10.6. The molecule has 3 rings (SSSR count). The summed E-state index contributed by atoms with van der Waals surface area (Å²) in [6, 6.07) is 8.55. The maximum Gasteiger partial charge on any atom is 0.230 e. The van der Waals surface area contributed by atoms with Crippen LogP contribution in [-0.2, 0) is 10.5 Å². The highest BCUT2D eigenvalue weighted by Crippen LogP contribution is 2.49. The number of benzene rings is 1. The van der Waals surface area contributed by atoms with Gasteiger partial charge in [0.25, 0.3) is 0 Å². The fourth-order valence-electron chi connectivity index (χ4n) is 4.18. The molecule has 2 aliphatic rings. The van der Waals surface area contributed by atoms with Gasteiger partial charge in [-0.05, 0) is 55.6 Å². The van der Waals surface area contributed by atoms with Crippen molar-refractivity contribution >= 4 is 33.6 Å². The van der Waals surface area contributed by atoms with E-state index in [1.807, 2.05) is 18.2 Å². The molecule has 2 aliphatic carbocycles. The number of amides is 1. The smallest absolute Gasteiger partial charge is 0.230 e. The zero-order chi connectivity index (χ0) is 15.5. The minimum Gasteiger partial charge on any atom is -0.353 e. The average Bonchev–Trinajstić information content (AvgIpc) is 3.12. The Morgan fingerprint density at radius 2 is 2.18 bits per heavy atom. The molecule has 1 aromatic carbocycles. The van der Waals surface area contributed by atoms with Crippen molar-refractivity contribution in [2.75, 3.05) is 5.75 Å². The fraction of sp³-hybridized carbons (Fsp3) is 0.611. The highest BCUT2D eigenvalue weighted by Gasteiger charge is 2.42. The largest absolute Gasteiger partial charge is 0.353 e. The molecule has 0 aromatic heterocycles. The van der Waals surface area contributed by atoms with Gasteiger partial charge in [0.2, 0.25) is 5.91 Å². The van der Waals surface area contributed by atoms with E-state index in [9.17, 15) is 4.79 Å². The SMILES string of the molecule is C[C@@H](NC(=O)CSCc1ccccc1Br)[C@H]1C[C@@H]2CC[C@@H]1C2. The third-order valence-electron chi connectivity index (χ3n) is 5.27. The highest BCUT2D eigenvalue weighted by atomic mass is 79.9. The molecule has 1 amide bonds. The second-order valence-electron chi connectivity index (χ2n) is 6.78. The average molecular weight is 382 g/mol. The lowest BCUT2D eigenvalue weighted by Crippen LogP contribution is -2.40. The molecule has 2 nitrogen and oxygen atoms in total. The first kappa shape index (κ1) is 16.4. The van der Waals surface area contributed by atoms with Crippen LogP contribution in [0.25, 0.3) is 0 Å². The number of halogens is 1. The molecule has 22 heavy (non-hydrogen) atoms. The van der Waals surface area contributed by atoms with E-state index in [2.05, 4.69) is 34.2 Å². The molecule has 1 aromatic rings. The van der Waals surface area contributed by atoms with Crippen LogP contribution in [0.1, 0.15) is 38.2 Å². The molecule has 0 spiro atoms. The van der Waals surface area contributed by atoms with Crippen LogP contribution in [0.2, 0.25) is 0 Å². The molecule has 2 saturated carbocycles. The van der Waals surface area contributed by atoms with Gasteiger partial charge in [0.15, 0.2) is 0 Å². The van der Waals surface area contributed by atoms with Crippen molar-refractivity contribution in [1.82, 2.24) is 5.32 Å². The van der Waals surface area contributed by atoms with E-state index >= 15 is 0 Å². The van der Waals surface area contributed by atoms with Crippen molar-refractivity contribution in [3.63, 3.8) is 0 Å². The number of carbonyl (C=O) groups excluding carboxylic acids is 1. The van der Waals surface area contributed by atoms with Crippen molar-refractivity contribution in [2.24, 2.45) is 17.8 Å². The van der Waals surface area contributed by atoms with Gasteiger partial charge in [-0.25, -0.2) is 0 Å². The Morgan fingerprint density at radius 3 is 2.86 bits per heavy atom. The van der Waals surface area contributed by atoms with Gasteiger partial charge >= 0.3 is 0 Å². The second kappa shape index (κ2) is 7.39. The molecule has 0 radical (unpaired) electrons. The molecule has 2 bridgehead atoms. The summed E-state index contributed by atoms with van der Waals surface area (Å²) in [5.41, 5.74) is 1.25. The van der Waals surface area contributed by atoms with E-state index < -0.39 is 0 Å². The molecule has 1 N–H and O–H groups in total. The van der Waals surface area contributed by atoms with Gasteiger partial charge in [-0.3, -0.25) is 4.79 Å². The summed E-state index contributed by atoms with van der Waals surface area (Å²) in [6.07, 6.45) is 5.54. The Kier molecular flexibility index (Phi) is 5.50. The highest BCUT2D eigenvalue weighted by molar-refractivity contribution is 9.10. The van der Waals surface area contributed by atoms with Gasteiger partial charge in [-0.1, -0.05) is 40.5 Å². The lowest BCUT2D eigenvalue weighted by atomic mass is 9.84. The van der Waals surface area contributed by atoms with E-state index in [1.165, 1.54) is 31.2 Å². The molecule has 0 heterocycles. The van der Waals surface area contributed by atoms with Gasteiger partial charge in [-0.15, -0.1) is 11.8 Å². The molecule has 0 saturated heterocycles. The molecule has 2 fully saturated rings. The van der Waals surface area contributed by atoms with E-state index in [0.717, 1.165) is 28.0 Å². The van der Waals surface area contributed by atoms with Crippen molar-refractivity contribution in [3.8, 4) is 0 Å². The van der Waals surface area contributed by atoms with Crippen LogP contribution < -0.4 is 5.32 Å². The third-order valence-corrected chi connectivity index (χ3v) is 7.03. The van der Waals surface area contributed by atoms with Gasteiger partial charge < -0.3 is 5.32 Å². The summed E-state index contributed by atoms with van der Waals surface area (Å²) in [6.45, 7) is 2.20. The number of hydrogen-bond acceptors (Lipinski definition) is 2. The third kappa shape index (κ3) is 3.88. The van der Waals surface area contributed by atoms with Crippen molar-refractivity contribution in [1.29, 1.82) is 0 Å². The normalized spacial score (nSPS) is 27.8. The number of thioether (sulfide) groups is 1. The Labute approximate surface area is 146 Å². The number of nitrogens with one attached hydrogen (secondary N) is 1. The minimum atomic E-state index is 0.187. The Morgan fingerprint density at radius 1 is 1.36 bits per heavy atom. The van der Waals surface area contributed by atoms with Crippen LogP contribution in [0, 0.1) is 17.8 Å². The Bertz CT molecular complexity index is 536. The van der Waals surface area contributed by atoms with Crippen LogP contribution in [0.15, 0.2) is 28.7 Å². The zero-order valence-electron chi connectivity index (χ0n) is 13.1. The van der Waals surface area contributed by atoms with Crippen molar-refractivity contribution in [3.05, 3.63) is 34.3 Å². The van der Waals surface area contributed by atoms with Crippen LogP contribution >= 0.6 is 27.7 Å². The van der Waals surface area contributed by atoms with Crippen molar-refractivity contribution in [2.45, 2.75) is 44.4 Å². The number of rotatable bonds is 6. The lowest BCUT2D eigenvalue weighted by molar-refractivity contribution is -0.119. The molecular formula is C18H24BrNOS. The van der Waals surface area contributed by atoms with E-state index in [0.29, 0.717) is 11.8 Å². The predicted molar refractivity (Wildman–Crippen MR) is 96.8 cm³/mol. The van der Waals surface area contributed by atoms with Gasteiger partial charge in [0, 0.05) is 16.3 Å². The van der Waals surface area contributed by atoms with E-state index in [1.54, 1.807) is 11.8 Å². The zero-order valence-corrected chi connectivity index (χ0v) is 15.5. The summed E-state index contributed by atoms with van der Waals surface area (Å²) in [7, 11) is 0. The maximum absolute atomic E-state index is 12.1. The first-order valence-electron chi connectivity index (χ1n) is 8.24. The Balaban J connectivity index is 1.40. The monoisotopic (exact) mass is 381 g/mol. The number of hydrogen-bond donors (Lipinski definition) is 1. The van der Waals surface area contributed by atoms with Crippen molar-refractivity contribution < 1.29 is 4.79 Å². The molecule has 0 aliphatic heterocycles. The molecule has 0 unspecified atom stereocenters. The first-order valence-corrected chi connectivity index (χ1v) is 10.2. The maximum atomic E-state index is 12.1. The number of fused-ring (bicyclic) bond motifs is 2. The van der Waals surface area contributed by atoms with E-state index in [4.69, 9.17) is 0 Å². The van der Waals surface area contributed by atoms with Crippen LogP contribution in [-0.4, -0.2) is 17.7 Å².